The van der Waals surface area contributed by atoms with Crippen LogP contribution in [0.4, 0.5) is 5.13 Å². The first-order valence-electron chi connectivity index (χ1n) is 8.45. The normalized spacial score (nSPS) is 10.9. The molecule has 0 saturated heterocycles. The second-order valence-corrected chi connectivity index (χ2v) is 7.06. The van der Waals surface area contributed by atoms with Crippen LogP contribution in [0.1, 0.15) is 16.1 Å². The zero-order valence-electron chi connectivity index (χ0n) is 15.1. The van der Waals surface area contributed by atoms with E-state index in [1.54, 1.807) is 26.2 Å². The van der Waals surface area contributed by atoms with Crippen LogP contribution in [0.15, 0.2) is 46.9 Å². The lowest BCUT2D eigenvalue weighted by Gasteiger charge is -2.03. The van der Waals surface area contributed by atoms with Gasteiger partial charge in [0.2, 0.25) is 5.76 Å². The molecule has 2 aromatic carbocycles. The molecule has 4 rings (SSSR count). The number of ether oxygens (including phenoxy) is 2. The minimum absolute atomic E-state index is 0.0982. The molecule has 0 aliphatic heterocycles. The van der Waals surface area contributed by atoms with Crippen LogP contribution in [0.2, 0.25) is 0 Å². The van der Waals surface area contributed by atoms with E-state index in [0.717, 1.165) is 15.6 Å². The average Bonchev–Trinajstić information content (AvgIpc) is 3.26. The predicted octanol–water partition coefficient (Wildman–Crippen LogP) is 4.16. The number of hydrogen-bond donors (Lipinski definition) is 1. The van der Waals surface area contributed by atoms with E-state index in [2.05, 4.69) is 10.3 Å². The Balaban J connectivity index is 1.41. The van der Waals surface area contributed by atoms with Crippen molar-refractivity contribution in [2.45, 2.75) is 6.92 Å². The molecule has 0 bridgehead atoms. The van der Waals surface area contributed by atoms with Gasteiger partial charge in [0.1, 0.15) is 11.3 Å². The van der Waals surface area contributed by atoms with Gasteiger partial charge in [-0.15, -0.1) is 0 Å². The summed E-state index contributed by atoms with van der Waals surface area (Å²) in [6, 6.07) is 12.8. The summed E-state index contributed by atoms with van der Waals surface area (Å²) >= 11 is 1.31. The SMILES string of the molecule is COc1ccc2nc(NC(=O)COC(=O)c3oc4ccccc4c3C)sc2c1. The van der Waals surface area contributed by atoms with Crippen molar-refractivity contribution in [3.8, 4) is 5.75 Å². The molecule has 2 aromatic heterocycles. The highest BCUT2D eigenvalue weighted by atomic mass is 32.1. The third kappa shape index (κ3) is 3.41. The standard InChI is InChI=1S/C20H16N2O5S/c1-11-13-5-3-4-6-15(13)27-18(11)19(24)26-10-17(23)22-20-21-14-8-7-12(25-2)9-16(14)28-20/h3-9H,10H2,1-2H3,(H,21,22,23). The summed E-state index contributed by atoms with van der Waals surface area (Å²) in [7, 11) is 1.59. The number of amides is 1. The van der Waals surface area contributed by atoms with Crippen molar-refractivity contribution < 1.29 is 23.5 Å². The Morgan fingerprint density at radius 3 is 2.82 bits per heavy atom. The number of fused-ring (bicyclic) bond motifs is 2. The Labute approximate surface area is 163 Å². The number of nitrogens with zero attached hydrogens (tertiary/aromatic N) is 1. The number of furan rings is 1. The molecule has 0 radical (unpaired) electrons. The molecule has 28 heavy (non-hydrogen) atoms. The van der Waals surface area contributed by atoms with Crippen molar-refractivity contribution in [1.29, 1.82) is 0 Å². The molecule has 0 fully saturated rings. The number of methoxy groups -OCH3 is 1. The molecule has 1 N–H and O–H groups in total. The van der Waals surface area contributed by atoms with Crippen molar-refractivity contribution in [2.75, 3.05) is 19.0 Å². The maximum absolute atomic E-state index is 12.3. The first kappa shape index (κ1) is 18.0. The van der Waals surface area contributed by atoms with E-state index in [-0.39, 0.29) is 5.76 Å². The van der Waals surface area contributed by atoms with E-state index in [0.29, 0.717) is 22.0 Å². The topological polar surface area (TPSA) is 90.7 Å². The lowest BCUT2D eigenvalue weighted by atomic mass is 10.1. The van der Waals surface area contributed by atoms with Gasteiger partial charge in [-0.1, -0.05) is 29.5 Å². The van der Waals surface area contributed by atoms with Gasteiger partial charge >= 0.3 is 5.97 Å². The third-order valence-corrected chi connectivity index (χ3v) is 5.14. The van der Waals surface area contributed by atoms with E-state index in [4.69, 9.17) is 13.9 Å². The fraction of sp³-hybridized carbons (Fsp3) is 0.150. The Kier molecular flexibility index (Phi) is 4.70. The zero-order valence-corrected chi connectivity index (χ0v) is 16.0. The van der Waals surface area contributed by atoms with Gasteiger partial charge in [0.05, 0.1) is 17.3 Å². The number of hydrogen-bond acceptors (Lipinski definition) is 7. The average molecular weight is 396 g/mol. The van der Waals surface area contributed by atoms with E-state index in [1.807, 2.05) is 30.3 Å². The monoisotopic (exact) mass is 396 g/mol. The number of carbonyl (C=O) groups is 2. The minimum atomic E-state index is -0.683. The Bertz CT molecular complexity index is 1190. The van der Waals surface area contributed by atoms with Gasteiger partial charge in [-0.3, -0.25) is 10.1 Å². The number of nitrogens with one attached hydrogen (secondary N) is 1. The maximum atomic E-state index is 12.3. The second-order valence-electron chi connectivity index (χ2n) is 6.03. The van der Waals surface area contributed by atoms with E-state index in [9.17, 15) is 9.59 Å². The molecule has 8 heteroatoms. The summed E-state index contributed by atoms with van der Waals surface area (Å²) in [5, 5.41) is 3.89. The van der Waals surface area contributed by atoms with Gasteiger partial charge in [0, 0.05) is 10.9 Å². The molecule has 0 saturated carbocycles. The number of thiazole rings is 1. The van der Waals surface area contributed by atoms with Gasteiger partial charge in [0.15, 0.2) is 11.7 Å². The van der Waals surface area contributed by atoms with Crippen LogP contribution in [-0.2, 0) is 9.53 Å². The van der Waals surface area contributed by atoms with Gasteiger partial charge in [-0.25, -0.2) is 9.78 Å². The van der Waals surface area contributed by atoms with Crippen LogP contribution in [0.5, 0.6) is 5.75 Å². The lowest BCUT2D eigenvalue weighted by Crippen LogP contribution is -2.20. The fourth-order valence-electron chi connectivity index (χ4n) is 2.81. The van der Waals surface area contributed by atoms with Gasteiger partial charge in [-0.05, 0) is 31.2 Å². The third-order valence-electron chi connectivity index (χ3n) is 4.21. The van der Waals surface area contributed by atoms with Crippen LogP contribution in [0.3, 0.4) is 0 Å². The maximum Gasteiger partial charge on any atom is 0.375 e. The van der Waals surface area contributed by atoms with Crippen LogP contribution in [0, 0.1) is 6.92 Å². The van der Waals surface area contributed by atoms with Crippen LogP contribution < -0.4 is 10.1 Å². The molecule has 1 amide bonds. The summed E-state index contributed by atoms with van der Waals surface area (Å²) < 4.78 is 16.7. The molecule has 0 unspecified atom stereocenters. The summed E-state index contributed by atoms with van der Waals surface area (Å²) in [5.74, 6) is -0.351. The van der Waals surface area contributed by atoms with Crippen LogP contribution in [0.25, 0.3) is 21.2 Å². The Morgan fingerprint density at radius 2 is 2.04 bits per heavy atom. The molecule has 7 nitrogen and oxygen atoms in total. The van der Waals surface area contributed by atoms with Crippen molar-refractivity contribution in [3.05, 3.63) is 53.8 Å². The zero-order chi connectivity index (χ0) is 19.7. The van der Waals surface area contributed by atoms with Crippen molar-refractivity contribution in [3.63, 3.8) is 0 Å². The number of aromatic nitrogens is 1. The highest BCUT2D eigenvalue weighted by molar-refractivity contribution is 7.22. The number of carbonyl (C=O) groups excluding carboxylic acids is 2. The number of para-hydroxylation sites is 1. The number of esters is 1. The highest BCUT2D eigenvalue weighted by Crippen LogP contribution is 2.29. The molecule has 0 aliphatic carbocycles. The molecule has 0 spiro atoms. The molecular formula is C20H16N2O5S. The van der Waals surface area contributed by atoms with E-state index in [1.165, 1.54) is 11.3 Å². The number of anilines is 1. The first-order chi connectivity index (χ1) is 13.5. The fourth-order valence-corrected chi connectivity index (χ4v) is 3.72. The lowest BCUT2D eigenvalue weighted by molar-refractivity contribution is -0.119. The molecule has 4 aromatic rings. The van der Waals surface area contributed by atoms with Crippen LogP contribution >= 0.6 is 11.3 Å². The highest BCUT2D eigenvalue weighted by Gasteiger charge is 2.20. The molecule has 142 valence electrons. The van der Waals surface area contributed by atoms with Crippen molar-refractivity contribution in [2.24, 2.45) is 0 Å². The number of aryl methyl sites for hydroxylation is 1. The van der Waals surface area contributed by atoms with Gasteiger partial charge in [-0.2, -0.15) is 0 Å². The van der Waals surface area contributed by atoms with Crippen molar-refractivity contribution >= 4 is 49.5 Å². The summed E-state index contributed by atoms with van der Waals surface area (Å²) in [4.78, 5) is 28.7. The first-order valence-corrected chi connectivity index (χ1v) is 9.26. The molecule has 2 heterocycles. The Hall–Kier alpha value is -3.39. The summed E-state index contributed by atoms with van der Waals surface area (Å²) in [5.41, 5.74) is 2.03. The number of rotatable bonds is 5. The summed E-state index contributed by atoms with van der Waals surface area (Å²) in [6.45, 7) is 1.34. The molecule has 0 atom stereocenters. The Morgan fingerprint density at radius 1 is 1.21 bits per heavy atom. The summed E-state index contributed by atoms with van der Waals surface area (Å²) in [6.07, 6.45) is 0. The van der Waals surface area contributed by atoms with E-state index >= 15 is 0 Å². The molecular weight excluding hydrogens is 380 g/mol. The second kappa shape index (κ2) is 7.32. The number of benzene rings is 2. The van der Waals surface area contributed by atoms with Crippen molar-refractivity contribution in [1.82, 2.24) is 4.98 Å². The van der Waals surface area contributed by atoms with Gasteiger partial charge < -0.3 is 13.9 Å². The van der Waals surface area contributed by atoms with E-state index < -0.39 is 18.5 Å². The largest absolute Gasteiger partial charge is 0.497 e. The quantitative estimate of drug-likeness (QED) is 0.510. The van der Waals surface area contributed by atoms with Crippen LogP contribution in [-0.4, -0.2) is 30.6 Å². The predicted molar refractivity (Wildman–Crippen MR) is 106 cm³/mol. The molecule has 0 aliphatic rings. The smallest absolute Gasteiger partial charge is 0.375 e. The minimum Gasteiger partial charge on any atom is -0.497 e. The van der Waals surface area contributed by atoms with Gasteiger partial charge in [0.25, 0.3) is 5.91 Å².